The number of benzene rings is 1. The highest BCUT2D eigenvalue weighted by Crippen LogP contribution is 2.38. The molecular weight excluding hydrogens is 344 g/mol. The first-order valence-electron chi connectivity index (χ1n) is 7.47. The highest BCUT2D eigenvalue weighted by molar-refractivity contribution is 5.71. The quantitative estimate of drug-likeness (QED) is 0.619. The van der Waals surface area contributed by atoms with Crippen LogP contribution >= 0.6 is 0 Å². The van der Waals surface area contributed by atoms with Gasteiger partial charge in [0, 0.05) is 6.07 Å². The summed E-state index contributed by atoms with van der Waals surface area (Å²) in [5.74, 6) is 1.72. The van der Waals surface area contributed by atoms with Crippen LogP contribution in [0.15, 0.2) is 23.0 Å². The van der Waals surface area contributed by atoms with Gasteiger partial charge in [-0.15, -0.1) is 0 Å². The molecule has 0 amide bonds. The van der Waals surface area contributed by atoms with E-state index in [2.05, 4.69) is 0 Å². The lowest BCUT2D eigenvalue weighted by Crippen LogP contribution is -3.00. The standard InChI is InChI=1S/C18H23N2O4.ClH/c1-12-9-14(20(3)18(21)19(12)2)8-7-13-10-15(22-4)17(24-6)16(11-13)23-5;/h7-11H,1-6H3;1H/q+1;/p-1. The van der Waals surface area contributed by atoms with Crippen molar-refractivity contribution in [3.63, 3.8) is 0 Å². The minimum absolute atomic E-state index is 0. The maximum Gasteiger partial charge on any atom is 0.498 e. The Labute approximate surface area is 153 Å². The zero-order valence-electron chi connectivity index (χ0n) is 15.3. The van der Waals surface area contributed by atoms with E-state index in [1.54, 1.807) is 44.6 Å². The largest absolute Gasteiger partial charge is 1.00 e. The van der Waals surface area contributed by atoms with Crippen LogP contribution in [0.2, 0.25) is 0 Å². The van der Waals surface area contributed by atoms with Crippen molar-refractivity contribution in [1.29, 1.82) is 0 Å². The van der Waals surface area contributed by atoms with E-state index in [9.17, 15) is 4.79 Å². The number of rotatable bonds is 5. The monoisotopic (exact) mass is 366 g/mol. The van der Waals surface area contributed by atoms with Crippen molar-refractivity contribution in [3.8, 4) is 17.2 Å². The molecule has 0 atom stereocenters. The first-order valence-corrected chi connectivity index (χ1v) is 7.47. The van der Waals surface area contributed by atoms with Gasteiger partial charge in [-0.3, -0.25) is 0 Å². The molecule has 0 saturated carbocycles. The van der Waals surface area contributed by atoms with Gasteiger partial charge >= 0.3 is 5.69 Å². The summed E-state index contributed by atoms with van der Waals surface area (Å²) in [6.45, 7) is 1.90. The van der Waals surface area contributed by atoms with Crippen LogP contribution in [-0.4, -0.2) is 25.9 Å². The molecule has 2 rings (SSSR count). The number of halogens is 1. The van der Waals surface area contributed by atoms with Gasteiger partial charge in [0.05, 0.1) is 35.4 Å². The Morgan fingerprint density at radius 1 is 1.00 bits per heavy atom. The van der Waals surface area contributed by atoms with Gasteiger partial charge in [0.25, 0.3) is 0 Å². The third-order valence-electron chi connectivity index (χ3n) is 3.98. The van der Waals surface area contributed by atoms with Crippen molar-refractivity contribution >= 4 is 12.2 Å². The average molecular weight is 367 g/mol. The van der Waals surface area contributed by atoms with E-state index >= 15 is 0 Å². The predicted octanol–water partition coefficient (Wildman–Crippen LogP) is -1.28. The number of methoxy groups -OCH3 is 3. The second-order valence-electron chi connectivity index (χ2n) is 5.40. The van der Waals surface area contributed by atoms with E-state index in [1.807, 2.05) is 37.3 Å². The zero-order valence-corrected chi connectivity index (χ0v) is 16.0. The molecular formula is C18H23ClN2O4. The first-order chi connectivity index (χ1) is 11.4. The Morgan fingerprint density at radius 2 is 1.56 bits per heavy atom. The molecule has 6 nitrogen and oxygen atoms in total. The summed E-state index contributed by atoms with van der Waals surface area (Å²) in [7, 11) is 8.23. The number of hydrogen-bond acceptors (Lipinski definition) is 4. The molecule has 0 N–H and O–H groups in total. The molecule has 2 aromatic rings. The molecule has 0 fully saturated rings. The molecule has 0 bridgehead atoms. The van der Waals surface area contributed by atoms with Crippen LogP contribution in [0.3, 0.4) is 0 Å². The Kier molecular flexibility index (Phi) is 7.06. The van der Waals surface area contributed by atoms with Crippen LogP contribution in [0.5, 0.6) is 17.2 Å². The lowest BCUT2D eigenvalue weighted by atomic mass is 10.1. The van der Waals surface area contributed by atoms with Crippen LogP contribution in [0.1, 0.15) is 17.0 Å². The van der Waals surface area contributed by atoms with Crippen LogP contribution in [0.25, 0.3) is 12.2 Å². The molecule has 0 aliphatic heterocycles. The minimum Gasteiger partial charge on any atom is -1.00 e. The van der Waals surface area contributed by atoms with Crippen LogP contribution in [0.4, 0.5) is 0 Å². The molecule has 0 saturated heterocycles. The fourth-order valence-corrected chi connectivity index (χ4v) is 2.43. The fourth-order valence-electron chi connectivity index (χ4n) is 2.43. The molecule has 7 heteroatoms. The Balaban J connectivity index is 0.00000312. The molecule has 0 unspecified atom stereocenters. The summed E-state index contributed by atoms with van der Waals surface area (Å²) >= 11 is 0. The van der Waals surface area contributed by atoms with Crippen molar-refractivity contribution in [3.05, 3.63) is 45.6 Å². The molecule has 1 aromatic heterocycles. The first kappa shape index (κ1) is 20.6. The maximum atomic E-state index is 12.1. The fraction of sp³-hybridized carbons (Fsp3) is 0.333. The van der Waals surface area contributed by atoms with Gasteiger partial charge in [-0.2, -0.15) is 13.9 Å². The van der Waals surface area contributed by atoms with Gasteiger partial charge in [-0.05, 0) is 30.7 Å². The van der Waals surface area contributed by atoms with Gasteiger partial charge in [-0.1, -0.05) is 6.08 Å². The van der Waals surface area contributed by atoms with Crippen molar-refractivity contribution in [2.75, 3.05) is 21.3 Å². The van der Waals surface area contributed by atoms with E-state index in [4.69, 9.17) is 14.2 Å². The summed E-state index contributed by atoms with van der Waals surface area (Å²) in [6.07, 6.45) is 3.79. The average Bonchev–Trinajstić information content (AvgIpc) is 2.60. The normalized spacial score (nSPS) is 10.5. The summed E-state index contributed by atoms with van der Waals surface area (Å²) in [5.41, 5.74) is 2.51. The number of hydrogen-bond donors (Lipinski definition) is 0. The van der Waals surface area contributed by atoms with Gasteiger partial charge in [0.1, 0.15) is 11.4 Å². The smallest absolute Gasteiger partial charge is 0.498 e. The summed E-state index contributed by atoms with van der Waals surface area (Å²) in [5, 5.41) is 0. The SMILES string of the molecule is COc1cc(C=Cc2cc(C)n(C)c(=O)[n+]2C)cc(OC)c1OC.[Cl-]. The van der Waals surface area contributed by atoms with Gasteiger partial charge in [0.15, 0.2) is 11.5 Å². The van der Waals surface area contributed by atoms with Gasteiger partial charge < -0.3 is 26.6 Å². The van der Waals surface area contributed by atoms with E-state index < -0.39 is 0 Å². The number of aryl methyl sites for hydroxylation is 1. The molecule has 0 radical (unpaired) electrons. The molecule has 25 heavy (non-hydrogen) atoms. The van der Waals surface area contributed by atoms with Gasteiger partial charge in [0.2, 0.25) is 5.75 Å². The van der Waals surface area contributed by atoms with E-state index in [0.717, 1.165) is 17.0 Å². The van der Waals surface area contributed by atoms with Crippen molar-refractivity contribution in [2.24, 2.45) is 14.1 Å². The number of aromatic nitrogens is 2. The summed E-state index contributed by atoms with van der Waals surface area (Å²) in [6, 6.07) is 5.66. The van der Waals surface area contributed by atoms with Crippen molar-refractivity contribution < 1.29 is 31.2 Å². The zero-order chi connectivity index (χ0) is 17.9. The number of ether oxygens (including phenoxy) is 3. The molecule has 0 aliphatic rings. The minimum atomic E-state index is -0.0699. The van der Waals surface area contributed by atoms with Crippen molar-refractivity contribution in [1.82, 2.24) is 4.57 Å². The third-order valence-corrected chi connectivity index (χ3v) is 3.98. The summed E-state index contributed by atoms with van der Waals surface area (Å²) < 4.78 is 19.2. The number of nitrogens with zero attached hydrogens (tertiary/aromatic N) is 2. The van der Waals surface area contributed by atoms with Crippen LogP contribution in [-0.2, 0) is 14.1 Å². The Bertz CT molecular complexity index is 819. The topological polar surface area (TPSA) is 53.6 Å². The molecule has 1 aromatic carbocycles. The second kappa shape index (κ2) is 8.58. The highest BCUT2D eigenvalue weighted by Gasteiger charge is 2.13. The predicted molar refractivity (Wildman–Crippen MR) is 92.6 cm³/mol. The molecule has 0 spiro atoms. The lowest BCUT2D eigenvalue weighted by Gasteiger charge is -2.12. The molecule has 1 heterocycles. The summed E-state index contributed by atoms with van der Waals surface area (Å²) in [4.78, 5) is 12.1. The second-order valence-corrected chi connectivity index (χ2v) is 5.40. The Morgan fingerprint density at radius 3 is 2.04 bits per heavy atom. The third kappa shape index (κ3) is 4.14. The Hall–Kier alpha value is -2.47. The molecule has 0 aliphatic carbocycles. The van der Waals surface area contributed by atoms with Gasteiger partial charge in [-0.25, -0.2) is 0 Å². The van der Waals surface area contributed by atoms with E-state index in [-0.39, 0.29) is 18.1 Å². The van der Waals surface area contributed by atoms with E-state index in [0.29, 0.717) is 17.2 Å². The highest BCUT2D eigenvalue weighted by atomic mass is 35.5. The van der Waals surface area contributed by atoms with Crippen LogP contribution < -0.4 is 36.9 Å². The maximum absolute atomic E-state index is 12.1. The van der Waals surface area contributed by atoms with E-state index in [1.165, 1.54) is 0 Å². The lowest BCUT2D eigenvalue weighted by molar-refractivity contribution is -0.692. The van der Waals surface area contributed by atoms with Crippen molar-refractivity contribution in [2.45, 2.75) is 6.92 Å². The molecule has 136 valence electrons. The van der Waals surface area contributed by atoms with Crippen LogP contribution in [0, 0.1) is 6.92 Å².